The van der Waals surface area contributed by atoms with E-state index in [0.29, 0.717) is 12.8 Å². The number of unbranched alkanes of at least 4 members (excludes halogenated alkanes) is 25. The van der Waals surface area contributed by atoms with Gasteiger partial charge in [0.25, 0.3) is 0 Å². The summed E-state index contributed by atoms with van der Waals surface area (Å²) in [6, 6.07) is 0. The molecule has 0 spiro atoms. The molecule has 68 heavy (non-hydrogen) atoms. The van der Waals surface area contributed by atoms with Crippen molar-refractivity contribution in [3.05, 3.63) is 109 Å². The molecule has 0 aliphatic carbocycles. The van der Waals surface area contributed by atoms with Crippen molar-refractivity contribution >= 4 is 11.9 Å². The number of esters is 2. The Labute approximate surface area is 421 Å². The van der Waals surface area contributed by atoms with Gasteiger partial charge in [0.1, 0.15) is 6.61 Å². The first-order valence-corrected chi connectivity index (χ1v) is 28.4. The van der Waals surface area contributed by atoms with Crippen LogP contribution >= 0.6 is 0 Å². The Morgan fingerprint density at radius 3 is 0.956 bits per heavy atom. The molecule has 0 amide bonds. The van der Waals surface area contributed by atoms with E-state index in [9.17, 15) is 14.7 Å². The molecule has 0 aliphatic rings. The summed E-state index contributed by atoms with van der Waals surface area (Å²) in [7, 11) is 0. The average Bonchev–Trinajstić information content (AvgIpc) is 3.34. The highest BCUT2D eigenvalue weighted by Gasteiger charge is 2.16. The van der Waals surface area contributed by atoms with Gasteiger partial charge in [0.15, 0.2) is 6.10 Å². The molecule has 0 fully saturated rings. The van der Waals surface area contributed by atoms with E-state index in [1.807, 2.05) is 0 Å². The lowest BCUT2D eigenvalue weighted by atomic mass is 10.0. The highest BCUT2D eigenvalue weighted by atomic mass is 16.6. The zero-order valence-corrected chi connectivity index (χ0v) is 44.3. The van der Waals surface area contributed by atoms with Crippen molar-refractivity contribution in [2.75, 3.05) is 13.2 Å². The molecule has 0 aromatic carbocycles. The molecule has 0 saturated carbocycles. The van der Waals surface area contributed by atoms with Gasteiger partial charge in [0.2, 0.25) is 0 Å². The molecular weight excluding hydrogens is 837 g/mol. The van der Waals surface area contributed by atoms with Gasteiger partial charge in [-0.25, -0.2) is 0 Å². The van der Waals surface area contributed by atoms with Crippen molar-refractivity contribution in [1.82, 2.24) is 0 Å². The Hall–Kier alpha value is -3.44. The Morgan fingerprint density at radius 1 is 0.353 bits per heavy atom. The van der Waals surface area contributed by atoms with E-state index >= 15 is 0 Å². The van der Waals surface area contributed by atoms with E-state index in [0.717, 1.165) is 89.9 Å². The number of ether oxygens (including phenoxy) is 2. The molecule has 1 unspecified atom stereocenters. The fraction of sp³-hybridized carbons (Fsp3) is 0.683. The molecule has 0 aromatic heterocycles. The van der Waals surface area contributed by atoms with Gasteiger partial charge in [-0.2, -0.15) is 0 Å². The third-order valence-corrected chi connectivity index (χ3v) is 12.1. The second-order valence-electron chi connectivity index (χ2n) is 18.6. The highest BCUT2D eigenvalue weighted by Crippen LogP contribution is 2.15. The second kappa shape index (κ2) is 57.9. The number of rotatable bonds is 51. The zero-order chi connectivity index (χ0) is 49.2. The van der Waals surface area contributed by atoms with E-state index in [1.165, 1.54) is 141 Å². The number of aliphatic hydroxyl groups is 1. The van der Waals surface area contributed by atoms with Crippen LogP contribution in [0, 0.1) is 0 Å². The normalized spacial score (nSPS) is 13.0. The molecule has 0 bridgehead atoms. The van der Waals surface area contributed by atoms with Crippen LogP contribution in [0.25, 0.3) is 0 Å². The van der Waals surface area contributed by atoms with Crippen molar-refractivity contribution in [3.63, 3.8) is 0 Å². The van der Waals surface area contributed by atoms with Gasteiger partial charge in [-0.1, -0.05) is 252 Å². The number of hydrogen-bond acceptors (Lipinski definition) is 5. The quantitative estimate of drug-likeness (QED) is 0.0374. The van der Waals surface area contributed by atoms with Crippen molar-refractivity contribution in [2.45, 2.75) is 264 Å². The van der Waals surface area contributed by atoms with Crippen LogP contribution in [-0.4, -0.2) is 36.4 Å². The molecular formula is C63H106O5. The van der Waals surface area contributed by atoms with Crippen LogP contribution < -0.4 is 0 Å². The van der Waals surface area contributed by atoms with E-state index < -0.39 is 6.10 Å². The summed E-state index contributed by atoms with van der Waals surface area (Å²) >= 11 is 0. The summed E-state index contributed by atoms with van der Waals surface area (Å²) in [5, 5.41) is 9.65. The van der Waals surface area contributed by atoms with Crippen LogP contribution in [0.1, 0.15) is 258 Å². The van der Waals surface area contributed by atoms with Gasteiger partial charge in [-0.05, 0) is 103 Å². The Bertz CT molecular complexity index is 1340. The maximum atomic E-state index is 12.3. The maximum Gasteiger partial charge on any atom is 0.306 e. The minimum absolute atomic E-state index is 0.0735. The molecule has 0 heterocycles. The molecule has 0 aliphatic heterocycles. The zero-order valence-electron chi connectivity index (χ0n) is 44.3. The number of carbonyl (C=O) groups excluding carboxylic acids is 2. The third-order valence-electron chi connectivity index (χ3n) is 12.1. The first-order valence-electron chi connectivity index (χ1n) is 28.4. The van der Waals surface area contributed by atoms with Crippen molar-refractivity contribution in [3.8, 4) is 0 Å². The highest BCUT2D eigenvalue weighted by molar-refractivity contribution is 5.70. The number of aliphatic hydroxyl groups excluding tert-OH is 1. The lowest BCUT2D eigenvalue weighted by Crippen LogP contribution is -2.28. The van der Waals surface area contributed by atoms with Crippen LogP contribution in [0.5, 0.6) is 0 Å². The summed E-state index contributed by atoms with van der Waals surface area (Å²) in [4.78, 5) is 24.5. The fourth-order valence-electron chi connectivity index (χ4n) is 7.80. The summed E-state index contributed by atoms with van der Waals surface area (Å²) in [6.07, 6.45) is 83.4. The van der Waals surface area contributed by atoms with Gasteiger partial charge in [0.05, 0.1) is 6.61 Å². The molecule has 5 nitrogen and oxygen atoms in total. The topological polar surface area (TPSA) is 72.8 Å². The van der Waals surface area contributed by atoms with Crippen molar-refractivity contribution in [2.24, 2.45) is 0 Å². The summed E-state index contributed by atoms with van der Waals surface area (Å²) in [5.41, 5.74) is 0. The summed E-state index contributed by atoms with van der Waals surface area (Å²) in [6.45, 7) is 4.02. The molecule has 0 aromatic rings. The Morgan fingerprint density at radius 2 is 0.632 bits per heavy atom. The van der Waals surface area contributed by atoms with Gasteiger partial charge in [-0.15, -0.1) is 0 Å². The van der Waals surface area contributed by atoms with Gasteiger partial charge < -0.3 is 14.6 Å². The van der Waals surface area contributed by atoms with Crippen molar-refractivity contribution in [1.29, 1.82) is 0 Å². The average molecular weight is 944 g/mol. The number of carbonyl (C=O) groups is 2. The third kappa shape index (κ3) is 55.2. The minimum atomic E-state index is -0.783. The lowest BCUT2D eigenvalue weighted by Gasteiger charge is -2.15. The fourth-order valence-corrected chi connectivity index (χ4v) is 7.80. The molecule has 5 heteroatoms. The molecule has 0 saturated heterocycles. The SMILES string of the molecule is CC/C=C\C/C=C\C/C=C\C/C=C\C/C=C\C/C=C\C/C=C\CCCCCCCCCCCCCC(=O)OC(CO)COC(=O)CCCCCCCCCCC/C=C\C/C=C\CCCCCCC. The molecule has 0 rings (SSSR count). The molecule has 0 radical (unpaired) electrons. The summed E-state index contributed by atoms with van der Waals surface area (Å²) in [5.74, 6) is -0.599. The van der Waals surface area contributed by atoms with E-state index in [-0.39, 0.29) is 25.2 Å². The molecule has 1 N–H and O–H groups in total. The molecule has 388 valence electrons. The lowest BCUT2D eigenvalue weighted by molar-refractivity contribution is -0.161. The standard InChI is InChI=1S/C63H106O5/c1-3-5-7-9-11-13-15-17-19-21-23-25-26-27-28-29-30-31-32-33-34-35-36-38-40-42-44-46-48-50-52-54-56-58-63(66)68-61(59-64)60-67-62(65)57-55-53-51-49-47-45-43-41-39-37-24-22-20-18-16-14-12-10-8-6-4-2/h5,7,11,13,16-19,22-25,27-28,30-31,33-34,61,64H,3-4,6,8-10,12,14-15,20-21,26,29,32,35-60H2,1-2H3/b7-5-,13-11-,18-16-,19-17-,24-22-,25-23-,28-27-,31-30-,34-33-. The Kier molecular flexibility index (Phi) is 54.9. The monoisotopic (exact) mass is 943 g/mol. The van der Waals surface area contributed by atoms with Gasteiger partial charge in [-0.3, -0.25) is 9.59 Å². The van der Waals surface area contributed by atoms with E-state index in [2.05, 4.69) is 123 Å². The van der Waals surface area contributed by atoms with Gasteiger partial charge >= 0.3 is 11.9 Å². The minimum Gasteiger partial charge on any atom is -0.462 e. The van der Waals surface area contributed by atoms with Crippen LogP contribution in [0.4, 0.5) is 0 Å². The number of allylic oxidation sites excluding steroid dienone is 18. The smallest absolute Gasteiger partial charge is 0.306 e. The van der Waals surface area contributed by atoms with E-state index in [4.69, 9.17) is 9.47 Å². The molecule has 1 atom stereocenters. The largest absolute Gasteiger partial charge is 0.462 e. The second-order valence-corrected chi connectivity index (χ2v) is 18.6. The maximum absolute atomic E-state index is 12.3. The summed E-state index contributed by atoms with van der Waals surface area (Å²) < 4.78 is 10.7. The number of hydrogen-bond donors (Lipinski definition) is 1. The van der Waals surface area contributed by atoms with Crippen molar-refractivity contribution < 1.29 is 24.2 Å². The first-order chi connectivity index (χ1) is 33.6. The van der Waals surface area contributed by atoms with Gasteiger partial charge in [0, 0.05) is 12.8 Å². The van der Waals surface area contributed by atoms with Crippen LogP contribution in [0.2, 0.25) is 0 Å². The predicted molar refractivity (Wildman–Crippen MR) is 297 cm³/mol. The predicted octanol–water partition coefficient (Wildman–Crippen LogP) is 19.3. The van der Waals surface area contributed by atoms with E-state index in [1.54, 1.807) is 0 Å². The van der Waals surface area contributed by atoms with Crippen LogP contribution in [0.15, 0.2) is 109 Å². The van der Waals surface area contributed by atoms with Crippen LogP contribution in [0.3, 0.4) is 0 Å². The van der Waals surface area contributed by atoms with Crippen LogP contribution in [-0.2, 0) is 19.1 Å². The Balaban J connectivity index is 3.55. The first kappa shape index (κ1) is 64.6.